The largest absolute Gasteiger partial charge is 0.489 e. The molecule has 0 heterocycles. The highest BCUT2D eigenvalue weighted by Gasteiger charge is 2.02. The number of benzene rings is 3. The lowest BCUT2D eigenvalue weighted by Crippen LogP contribution is -2.16. The zero-order chi connectivity index (χ0) is 20.5. The van der Waals surface area contributed by atoms with Gasteiger partial charge in [-0.05, 0) is 61.4 Å². The van der Waals surface area contributed by atoms with Crippen molar-refractivity contribution >= 4 is 17.8 Å². The molecule has 29 heavy (non-hydrogen) atoms. The van der Waals surface area contributed by atoms with Gasteiger partial charge in [0.1, 0.15) is 12.4 Å². The Morgan fingerprint density at radius 1 is 0.897 bits per heavy atom. The van der Waals surface area contributed by atoms with E-state index in [0.717, 1.165) is 28.1 Å². The highest BCUT2D eigenvalue weighted by molar-refractivity contribution is 5.91. The lowest BCUT2D eigenvalue weighted by molar-refractivity contribution is -0.120. The summed E-state index contributed by atoms with van der Waals surface area (Å²) in [5.74, 6) is 0.520. The van der Waals surface area contributed by atoms with Gasteiger partial charge >= 0.3 is 0 Å². The van der Waals surface area contributed by atoms with Gasteiger partial charge in [0.25, 0.3) is 5.91 Å². The van der Waals surface area contributed by atoms with Crippen LogP contribution in [0.1, 0.15) is 22.3 Å². The third kappa shape index (κ3) is 6.81. The molecule has 0 saturated carbocycles. The molecule has 5 heteroatoms. The van der Waals surface area contributed by atoms with E-state index in [2.05, 4.69) is 41.7 Å². The maximum atomic E-state index is 11.8. The molecule has 1 N–H and O–H groups in total. The van der Waals surface area contributed by atoms with E-state index < -0.39 is 0 Å². The van der Waals surface area contributed by atoms with Gasteiger partial charge in [-0.15, -0.1) is 0 Å². The van der Waals surface area contributed by atoms with Gasteiger partial charge in [0.15, 0.2) is 6.61 Å². The van der Waals surface area contributed by atoms with E-state index in [9.17, 15) is 4.79 Å². The van der Waals surface area contributed by atoms with Crippen molar-refractivity contribution in [1.82, 2.24) is 0 Å². The fourth-order valence-corrected chi connectivity index (χ4v) is 2.53. The Balaban J connectivity index is 1.40. The molecule has 0 aliphatic heterocycles. The van der Waals surface area contributed by atoms with Crippen LogP contribution in [0.3, 0.4) is 0 Å². The number of nitrogens with one attached hydrogen (secondary N) is 1. The summed E-state index contributed by atoms with van der Waals surface area (Å²) in [7, 11) is 0. The maximum Gasteiger partial charge on any atom is 0.265 e. The Kier molecular flexibility index (Phi) is 7.00. The van der Waals surface area contributed by atoms with E-state index in [0.29, 0.717) is 6.61 Å². The Bertz CT molecular complexity index is 947. The zero-order valence-corrected chi connectivity index (χ0v) is 16.6. The van der Waals surface area contributed by atoms with E-state index in [1.165, 1.54) is 5.56 Å². The first-order valence-corrected chi connectivity index (χ1v) is 9.39. The van der Waals surface area contributed by atoms with E-state index in [1.807, 2.05) is 55.5 Å². The molecule has 3 rings (SSSR count). The third-order valence-corrected chi connectivity index (χ3v) is 4.21. The smallest absolute Gasteiger partial charge is 0.265 e. The summed E-state index contributed by atoms with van der Waals surface area (Å²) >= 11 is 0. The van der Waals surface area contributed by atoms with Crippen molar-refractivity contribution < 1.29 is 14.4 Å². The SMILES string of the molecule is Cc1ccc(COc2ccc(/C=N/OCC(=O)Nc3ccc(C)cc3)cc2)cc1. The van der Waals surface area contributed by atoms with Gasteiger partial charge in [0, 0.05) is 5.69 Å². The first-order valence-electron chi connectivity index (χ1n) is 9.39. The second kappa shape index (κ2) is 10.1. The van der Waals surface area contributed by atoms with E-state index >= 15 is 0 Å². The van der Waals surface area contributed by atoms with Crippen LogP contribution < -0.4 is 10.1 Å². The van der Waals surface area contributed by atoms with Crippen LogP contribution in [0.5, 0.6) is 5.75 Å². The fraction of sp³-hybridized carbons (Fsp3) is 0.167. The van der Waals surface area contributed by atoms with E-state index in [1.54, 1.807) is 6.21 Å². The number of hydrogen-bond donors (Lipinski definition) is 1. The summed E-state index contributed by atoms with van der Waals surface area (Å²) in [6, 6.07) is 23.3. The van der Waals surface area contributed by atoms with E-state index in [4.69, 9.17) is 9.57 Å². The van der Waals surface area contributed by atoms with Gasteiger partial charge in [0.2, 0.25) is 0 Å². The second-order valence-electron chi connectivity index (χ2n) is 6.77. The minimum absolute atomic E-state index is 0.151. The molecule has 0 fully saturated rings. The molecule has 3 aromatic rings. The molecule has 0 spiro atoms. The Morgan fingerprint density at radius 2 is 1.52 bits per heavy atom. The van der Waals surface area contributed by atoms with Gasteiger partial charge in [-0.1, -0.05) is 52.7 Å². The monoisotopic (exact) mass is 388 g/mol. The Morgan fingerprint density at radius 3 is 2.17 bits per heavy atom. The average Bonchev–Trinajstić information content (AvgIpc) is 2.73. The van der Waals surface area contributed by atoms with Crippen LogP contribution in [0.2, 0.25) is 0 Å². The van der Waals surface area contributed by atoms with Crippen LogP contribution in [0, 0.1) is 13.8 Å². The molecule has 5 nitrogen and oxygen atoms in total. The first kappa shape index (κ1) is 20.1. The van der Waals surface area contributed by atoms with Crippen molar-refractivity contribution in [3.05, 3.63) is 95.1 Å². The van der Waals surface area contributed by atoms with Crippen molar-refractivity contribution in [1.29, 1.82) is 0 Å². The summed E-state index contributed by atoms with van der Waals surface area (Å²) in [5.41, 5.74) is 5.07. The summed E-state index contributed by atoms with van der Waals surface area (Å²) in [4.78, 5) is 16.9. The highest BCUT2D eigenvalue weighted by Crippen LogP contribution is 2.14. The molecule has 0 aromatic heterocycles. The van der Waals surface area contributed by atoms with Gasteiger partial charge in [0.05, 0.1) is 6.21 Å². The number of ether oxygens (including phenoxy) is 1. The van der Waals surface area contributed by atoms with Gasteiger partial charge < -0.3 is 14.9 Å². The quantitative estimate of drug-likeness (QED) is 0.442. The zero-order valence-electron chi connectivity index (χ0n) is 16.6. The average molecular weight is 388 g/mol. The number of hydrogen-bond acceptors (Lipinski definition) is 4. The Labute approximate surface area is 171 Å². The van der Waals surface area contributed by atoms with Crippen molar-refractivity contribution in [3.8, 4) is 5.75 Å². The van der Waals surface area contributed by atoms with Crippen LogP contribution in [-0.2, 0) is 16.2 Å². The van der Waals surface area contributed by atoms with Crippen LogP contribution in [0.25, 0.3) is 0 Å². The minimum atomic E-state index is -0.258. The lowest BCUT2D eigenvalue weighted by atomic mass is 10.2. The molecule has 148 valence electrons. The number of nitrogens with zero attached hydrogens (tertiary/aromatic N) is 1. The molecule has 0 atom stereocenters. The summed E-state index contributed by atoms with van der Waals surface area (Å²) < 4.78 is 5.78. The standard InChI is InChI=1S/C24H24N2O3/c1-18-3-7-21(8-4-18)16-28-23-13-9-20(10-14-23)15-25-29-17-24(27)26-22-11-5-19(2)6-12-22/h3-15H,16-17H2,1-2H3,(H,26,27)/b25-15+. The van der Waals surface area contributed by atoms with Gasteiger partial charge in [-0.2, -0.15) is 0 Å². The number of rotatable bonds is 8. The molecule has 1 amide bonds. The molecule has 0 unspecified atom stereocenters. The third-order valence-electron chi connectivity index (χ3n) is 4.21. The summed E-state index contributed by atoms with van der Waals surface area (Å²) in [5, 5.41) is 6.59. The molecular formula is C24H24N2O3. The van der Waals surface area contributed by atoms with Gasteiger partial charge in [-0.25, -0.2) is 0 Å². The van der Waals surface area contributed by atoms with Crippen molar-refractivity contribution in [3.63, 3.8) is 0 Å². The number of oxime groups is 1. The van der Waals surface area contributed by atoms with Crippen LogP contribution in [-0.4, -0.2) is 18.7 Å². The number of carbonyl (C=O) groups excluding carboxylic acids is 1. The van der Waals surface area contributed by atoms with Crippen molar-refractivity contribution in [2.75, 3.05) is 11.9 Å². The van der Waals surface area contributed by atoms with Crippen molar-refractivity contribution in [2.24, 2.45) is 5.16 Å². The van der Waals surface area contributed by atoms with Gasteiger partial charge in [-0.3, -0.25) is 4.79 Å². The molecule has 0 radical (unpaired) electrons. The Hall–Kier alpha value is -3.60. The van der Waals surface area contributed by atoms with E-state index in [-0.39, 0.29) is 12.5 Å². The second-order valence-corrected chi connectivity index (χ2v) is 6.77. The molecular weight excluding hydrogens is 364 g/mol. The number of anilines is 1. The first-order chi connectivity index (χ1) is 14.1. The minimum Gasteiger partial charge on any atom is -0.489 e. The molecule has 0 aliphatic carbocycles. The normalized spacial score (nSPS) is 10.7. The number of aryl methyl sites for hydroxylation is 2. The van der Waals surface area contributed by atoms with Crippen LogP contribution in [0.15, 0.2) is 78.0 Å². The van der Waals surface area contributed by atoms with Crippen LogP contribution in [0.4, 0.5) is 5.69 Å². The predicted octanol–water partition coefficient (Wildman–Crippen LogP) is 4.87. The molecule has 0 saturated heterocycles. The molecule has 0 bridgehead atoms. The number of carbonyl (C=O) groups is 1. The molecule has 3 aromatic carbocycles. The maximum absolute atomic E-state index is 11.8. The summed E-state index contributed by atoms with van der Waals surface area (Å²) in [6.45, 7) is 4.42. The van der Waals surface area contributed by atoms with Crippen LogP contribution >= 0.6 is 0 Å². The highest BCUT2D eigenvalue weighted by atomic mass is 16.6. The fourth-order valence-electron chi connectivity index (χ4n) is 2.53. The molecule has 0 aliphatic rings. The topological polar surface area (TPSA) is 59.9 Å². The summed E-state index contributed by atoms with van der Waals surface area (Å²) in [6.07, 6.45) is 1.56. The lowest BCUT2D eigenvalue weighted by Gasteiger charge is -2.07. The van der Waals surface area contributed by atoms with Crippen molar-refractivity contribution in [2.45, 2.75) is 20.5 Å². The predicted molar refractivity (Wildman–Crippen MR) is 115 cm³/mol. The number of amides is 1.